The van der Waals surface area contributed by atoms with Gasteiger partial charge in [0.15, 0.2) is 0 Å². The molecule has 0 bridgehead atoms. The summed E-state index contributed by atoms with van der Waals surface area (Å²) in [5.74, 6) is 0.835. The lowest BCUT2D eigenvalue weighted by atomic mass is 10.00. The highest BCUT2D eigenvalue weighted by atomic mass is 32.1. The van der Waals surface area contributed by atoms with Crippen molar-refractivity contribution in [2.75, 3.05) is 20.3 Å². The summed E-state index contributed by atoms with van der Waals surface area (Å²) >= 11 is 1.73. The van der Waals surface area contributed by atoms with Crippen LogP contribution in [-0.2, 0) is 24.2 Å². The second-order valence-corrected chi connectivity index (χ2v) is 7.28. The minimum atomic E-state index is 0.291. The lowest BCUT2D eigenvalue weighted by molar-refractivity contribution is 0.0724. The lowest BCUT2D eigenvalue weighted by Crippen LogP contribution is -2.38. The molecule has 2 aliphatic rings. The SMILES string of the molecule is COC[C@H]1c2c(cnn2CC2CC2)CCN1Cc1nccs1. The van der Waals surface area contributed by atoms with Crippen LogP contribution in [0.3, 0.4) is 0 Å². The van der Waals surface area contributed by atoms with Gasteiger partial charge < -0.3 is 4.74 Å². The molecule has 0 unspecified atom stereocenters. The molecule has 2 aromatic heterocycles. The predicted molar refractivity (Wildman–Crippen MR) is 85.8 cm³/mol. The number of hydrogen-bond donors (Lipinski definition) is 0. The van der Waals surface area contributed by atoms with Crippen LogP contribution in [0, 0.1) is 5.92 Å². The lowest BCUT2D eigenvalue weighted by Gasteiger charge is -2.35. The maximum atomic E-state index is 5.53. The van der Waals surface area contributed by atoms with Gasteiger partial charge in [0.25, 0.3) is 0 Å². The van der Waals surface area contributed by atoms with E-state index < -0.39 is 0 Å². The van der Waals surface area contributed by atoms with Crippen molar-refractivity contribution < 1.29 is 4.74 Å². The average molecular weight is 318 g/mol. The fourth-order valence-corrected chi connectivity index (χ4v) is 3.97. The number of methoxy groups -OCH3 is 1. The summed E-state index contributed by atoms with van der Waals surface area (Å²) in [4.78, 5) is 6.94. The maximum absolute atomic E-state index is 5.53. The molecule has 0 radical (unpaired) electrons. The number of nitrogens with zero attached hydrogens (tertiary/aromatic N) is 4. The van der Waals surface area contributed by atoms with E-state index in [0.29, 0.717) is 12.6 Å². The summed E-state index contributed by atoms with van der Waals surface area (Å²) in [7, 11) is 1.79. The zero-order valence-corrected chi connectivity index (χ0v) is 13.8. The van der Waals surface area contributed by atoms with Crippen LogP contribution in [0.2, 0.25) is 0 Å². The first-order valence-corrected chi connectivity index (χ1v) is 8.89. The summed E-state index contributed by atoms with van der Waals surface area (Å²) in [6.07, 6.45) is 7.74. The molecule has 22 heavy (non-hydrogen) atoms. The first kappa shape index (κ1) is 14.4. The largest absolute Gasteiger partial charge is 0.383 e. The minimum absolute atomic E-state index is 0.291. The van der Waals surface area contributed by atoms with E-state index in [4.69, 9.17) is 4.74 Å². The third-order valence-corrected chi connectivity index (χ3v) is 5.42. The fraction of sp³-hybridized carbons (Fsp3) is 0.625. The Balaban J connectivity index is 1.60. The van der Waals surface area contributed by atoms with Crippen LogP contribution in [0.1, 0.15) is 35.1 Å². The Morgan fingerprint density at radius 3 is 3.05 bits per heavy atom. The van der Waals surface area contributed by atoms with Crippen LogP contribution in [0.25, 0.3) is 0 Å². The topological polar surface area (TPSA) is 43.2 Å². The molecule has 1 fully saturated rings. The molecule has 118 valence electrons. The van der Waals surface area contributed by atoms with Gasteiger partial charge in [-0.3, -0.25) is 9.58 Å². The van der Waals surface area contributed by atoms with E-state index in [1.807, 2.05) is 11.6 Å². The molecule has 0 N–H and O–H groups in total. The summed E-state index contributed by atoms with van der Waals surface area (Å²) in [5, 5.41) is 7.89. The molecule has 1 atom stereocenters. The first-order valence-electron chi connectivity index (χ1n) is 8.01. The number of ether oxygens (including phenoxy) is 1. The quantitative estimate of drug-likeness (QED) is 0.821. The summed E-state index contributed by atoms with van der Waals surface area (Å²) in [6, 6.07) is 0.291. The van der Waals surface area contributed by atoms with Crippen molar-refractivity contribution >= 4 is 11.3 Å². The molecule has 5 nitrogen and oxygen atoms in total. The second kappa shape index (κ2) is 6.10. The van der Waals surface area contributed by atoms with Crippen LogP contribution >= 0.6 is 11.3 Å². The van der Waals surface area contributed by atoms with Crippen molar-refractivity contribution in [2.24, 2.45) is 5.92 Å². The molecule has 4 rings (SSSR count). The van der Waals surface area contributed by atoms with E-state index in [9.17, 15) is 0 Å². The second-order valence-electron chi connectivity index (χ2n) is 6.30. The Kier molecular flexibility index (Phi) is 3.98. The van der Waals surface area contributed by atoms with E-state index >= 15 is 0 Å². The Morgan fingerprint density at radius 2 is 2.32 bits per heavy atom. The smallest absolute Gasteiger partial charge is 0.107 e. The van der Waals surface area contributed by atoms with Crippen molar-refractivity contribution in [3.05, 3.63) is 34.0 Å². The number of rotatable bonds is 6. The zero-order chi connectivity index (χ0) is 14.9. The minimum Gasteiger partial charge on any atom is -0.383 e. The van der Waals surface area contributed by atoms with Gasteiger partial charge in [-0.1, -0.05) is 0 Å². The van der Waals surface area contributed by atoms with Gasteiger partial charge in [0.2, 0.25) is 0 Å². The number of fused-ring (bicyclic) bond motifs is 1. The predicted octanol–water partition coefficient (Wildman–Crippen LogP) is 2.50. The molecule has 0 saturated heterocycles. The molecule has 1 aliphatic carbocycles. The van der Waals surface area contributed by atoms with Gasteiger partial charge in [0.1, 0.15) is 5.01 Å². The van der Waals surface area contributed by atoms with E-state index in [0.717, 1.165) is 32.0 Å². The van der Waals surface area contributed by atoms with Gasteiger partial charge in [-0.05, 0) is 30.7 Å². The van der Waals surface area contributed by atoms with Crippen molar-refractivity contribution in [1.29, 1.82) is 0 Å². The van der Waals surface area contributed by atoms with Crippen LogP contribution < -0.4 is 0 Å². The third-order valence-electron chi connectivity index (χ3n) is 4.66. The fourth-order valence-electron chi connectivity index (χ4n) is 3.33. The monoisotopic (exact) mass is 318 g/mol. The van der Waals surface area contributed by atoms with Gasteiger partial charge >= 0.3 is 0 Å². The van der Waals surface area contributed by atoms with Gasteiger partial charge in [-0.2, -0.15) is 5.10 Å². The summed E-state index contributed by atoms with van der Waals surface area (Å²) < 4.78 is 7.77. The molecule has 1 aliphatic heterocycles. The number of thiazole rings is 1. The molecule has 1 saturated carbocycles. The highest BCUT2D eigenvalue weighted by Crippen LogP contribution is 2.35. The van der Waals surface area contributed by atoms with E-state index in [-0.39, 0.29) is 0 Å². The first-order chi connectivity index (χ1) is 10.8. The molecular weight excluding hydrogens is 296 g/mol. The molecule has 0 amide bonds. The Bertz CT molecular complexity index is 620. The van der Waals surface area contributed by atoms with Gasteiger partial charge in [-0.25, -0.2) is 4.98 Å². The molecule has 2 aromatic rings. The Morgan fingerprint density at radius 1 is 1.41 bits per heavy atom. The van der Waals surface area contributed by atoms with Crippen molar-refractivity contribution in [3.63, 3.8) is 0 Å². The number of hydrogen-bond acceptors (Lipinski definition) is 5. The molecule has 6 heteroatoms. The van der Waals surface area contributed by atoms with Crippen molar-refractivity contribution in [2.45, 2.75) is 38.4 Å². The molecule has 0 aromatic carbocycles. The molecular formula is C16H22N4OS. The standard InChI is InChI=1S/C16H22N4OS/c1-21-11-14-16-13(8-18-20(16)9-12-2-3-12)4-6-19(14)10-15-17-5-7-22-15/h5,7-8,12,14H,2-4,6,9-11H2,1H3/t14-/m0/s1. The molecule has 3 heterocycles. The maximum Gasteiger partial charge on any atom is 0.107 e. The van der Waals surface area contributed by atoms with Crippen LogP contribution in [0.4, 0.5) is 0 Å². The van der Waals surface area contributed by atoms with E-state index in [1.165, 1.54) is 29.1 Å². The van der Waals surface area contributed by atoms with E-state index in [1.54, 1.807) is 18.4 Å². The van der Waals surface area contributed by atoms with Gasteiger partial charge in [-0.15, -0.1) is 11.3 Å². The van der Waals surface area contributed by atoms with E-state index in [2.05, 4.69) is 25.9 Å². The highest BCUT2D eigenvalue weighted by molar-refractivity contribution is 7.09. The van der Waals surface area contributed by atoms with Gasteiger partial charge in [0, 0.05) is 31.8 Å². The zero-order valence-electron chi connectivity index (χ0n) is 12.9. The Hall–Kier alpha value is -1.24. The summed E-state index contributed by atoms with van der Waals surface area (Å²) in [6.45, 7) is 3.74. The van der Waals surface area contributed by atoms with Gasteiger partial charge in [0.05, 0.1) is 31.1 Å². The third kappa shape index (κ3) is 2.83. The van der Waals surface area contributed by atoms with Crippen LogP contribution in [0.5, 0.6) is 0 Å². The van der Waals surface area contributed by atoms with Crippen molar-refractivity contribution in [1.82, 2.24) is 19.7 Å². The van der Waals surface area contributed by atoms with Crippen LogP contribution in [-0.4, -0.2) is 39.9 Å². The summed E-state index contributed by atoms with van der Waals surface area (Å²) in [5.41, 5.74) is 2.77. The van der Waals surface area contributed by atoms with Crippen LogP contribution in [0.15, 0.2) is 17.8 Å². The highest BCUT2D eigenvalue weighted by Gasteiger charge is 2.33. The average Bonchev–Trinajstić information content (AvgIpc) is 3.02. The van der Waals surface area contributed by atoms with Crippen molar-refractivity contribution in [3.8, 4) is 0 Å². The normalized spacial score (nSPS) is 22.0. The molecule has 0 spiro atoms. The Labute approximate surface area is 134 Å². The number of aromatic nitrogens is 3.